The zero-order valence-corrected chi connectivity index (χ0v) is 15.2. The van der Waals surface area contributed by atoms with E-state index in [-0.39, 0.29) is 29.7 Å². The number of hydrogen-bond donors (Lipinski definition) is 3. The summed E-state index contributed by atoms with van der Waals surface area (Å²) in [4.78, 5) is 19.7. The van der Waals surface area contributed by atoms with Crippen LogP contribution in [0.15, 0.2) is 41.5 Å². The Balaban J connectivity index is 0.000000878. The average molecular weight is 391 g/mol. The molecule has 0 aliphatic carbocycles. The molecule has 0 spiro atoms. The fourth-order valence-corrected chi connectivity index (χ4v) is 2.74. The van der Waals surface area contributed by atoms with E-state index in [2.05, 4.69) is 15.8 Å². The average Bonchev–Trinajstić information content (AvgIpc) is 2.63. The lowest BCUT2D eigenvalue weighted by atomic mass is 9.94. The third kappa shape index (κ3) is 5.03. The summed E-state index contributed by atoms with van der Waals surface area (Å²) >= 11 is 0. The van der Waals surface area contributed by atoms with E-state index in [0.717, 1.165) is 17.3 Å². The van der Waals surface area contributed by atoms with E-state index in [9.17, 15) is 13.6 Å². The number of halogens is 2. The van der Waals surface area contributed by atoms with E-state index in [0.29, 0.717) is 12.1 Å². The zero-order chi connectivity index (χ0) is 20.7. The second-order valence-corrected chi connectivity index (χ2v) is 5.91. The molecule has 7 nitrogen and oxygen atoms in total. The number of benzene rings is 2. The fraction of sp³-hybridized carbons (Fsp3) is 0.211. The molecule has 0 aromatic heterocycles. The van der Waals surface area contributed by atoms with Crippen LogP contribution in [0.4, 0.5) is 20.2 Å². The number of anilines is 2. The van der Waals surface area contributed by atoms with Crippen molar-refractivity contribution in [1.82, 2.24) is 5.43 Å². The topological polar surface area (TPSA) is 100 Å². The molecule has 2 aromatic carbocycles. The first kappa shape index (κ1) is 20.8. The first-order valence-electron chi connectivity index (χ1n) is 8.24. The Hall–Kier alpha value is -3.49. The molecule has 0 radical (unpaired) electrons. The molecule has 1 heterocycles. The Morgan fingerprint density at radius 3 is 2.50 bits per heavy atom. The minimum absolute atomic E-state index is 0.0185. The maximum absolute atomic E-state index is 13.7. The van der Waals surface area contributed by atoms with Gasteiger partial charge in [0, 0.05) is 30.2 Å². The predicted molar refractivity (Wildman–Crippen MR) is 99.8 cm³/mol. The molecule has 0 saturated heterocycles. The van der Waals surface area contributed by atoms with E-state index in [4.69, 9.17) is 14.6 Å². The number of rotatable bonds is 4. The van der Waals surface area contributed by atoms with E-state index < -0.39 is 11.6 Å². The number of carbonyl (C=O) groups is 2. The van der Waals surface area contributed by atoms with Gasteiger partial charge in [-0.05, 0) is 17.7 Å². The van der Waals surface area contributed by atoms with Gasteiger partial charge in [-0.25, -0.2) is 14.2 Å². The quantitative estimate of drug-likeness (QED) is 0.695. The van der Waals surface area contributed by atoms with Crippen LogP contribution in [0.1, 0.15) is 18.9 Å². The van der Waals surface area contributed by atoms with Gasteiger partial charge in [0.2, 0.25) is 5.91 Å². The summed E-state index contributed by atoms with van der Waals surface area (Å²) in [6, 6.07) is 9.13. The standard InChI is InChI=1S/C18H17F2N3O2.CH2O2/c1-10-7-16(24)22-23-17(10)11-3-5-13(6-4-11)21-15-9-12(19)8-14(20)18(15)25-2;2-1-3/h3-6,8-10,21H,7H2,1-2H3,(H,22,24);1H,(H,2,3)/t10-;/m1./s1. The Morgan fingerprint density at radius 1 is 1.29 bits per heavy atom. The zero-order valence-electron chi connectivity index (χ0n) is 15.2. The molecular weight excluding hydrogens is 372 g/mol. The Labute approximate surface area is 160 Å². The maximum atomic E-state index is 13.7. The number of carbonyl (C=O) groups excluding carboxylic acids is 1. The first-order chi connectivity index (χ1) is 13.4. The van der Waals surface area contributed by atoms with Gasteiger partial charge in [0.15, 0.2) is 11.6 Å². The minimum Gasteiger partial charge on any atom is -0.492 e. The summed E-state index contributed by atoms with van der Waals surface area (Å²) in [7, 11) is 1.32. The third-order valence-electron chi connectivity index (χ3n) is 3.93. The lowest BCUT2D eigenvalue weighted by Gasteiger charge is -2.19. The Morgan fingerprint density at radius 2 is 1.93 bits per heavy atom. The monoisotopic (exact) mass is 391 g/mol. The van der Waals surface area contributed by atoms with Crippen molar-refractivity contribution in [1.29, 1.82) is 0 Å². The highest BCUT2D eigenvalue weighted by atomic mass is 19.1. The van der Waals surface area contributed by atoms with Crippen LogP contribution < -0.4 is 15.5 Å². The molecule has 9 heteroatoms. The van der Waals surface area contributed by atoms with Crippen LogP contribution in [0.2, 0.25) is 0 Å². The Bertz CT molecular complexity index is 885. The Kier molecular flexibility index (Phi) is 7.02. The second kappa shape index (κ2) is 9.45. The molecule has 28 heavy (non-hydrogen) atoms. The van der Waals surface area contributed by atoms with Crippen molar-refractivity contribution in [2.45, 2.75) is 13.3 Å². The molecule has 0 bridgehead atoms. The number of amides is 1. The fourth-order valence-electron chi connectivity index (χ4n) is 2.74. The number of methoxy groups -OCH3 is 1. The highest BCUT2D eigenvalue weighted by molar-refractivity contribution is 6.05. The molecule has 1 atom stereocenters. The van der Waals surface area contributed by atoms with E-state index in [1.165, 1.54) is 13.2 Å². The lowest BCUT2D eigenvalue weighted by Crippen LogP contribution is -2.31. The van der Waals surface area contributed by atoms with Crippen molar-refractivity contribution in [2.75, 3.05) is 12.4 Å². The van der Waals surface area contributed by atoms with Gasteiger partial charge in [-0.3, -0.25) is 9.59 Å². The highest BCUT2D eigenvalue weighted by Crippen LogP contribution is 2.31. The molecule has 2 aromatic rings. The third-order valence-corrected chi connectivity index (χ3v) is 3.93. The van der Waals surface area contributed by atoms with Crippen LogP contribution in [0.3, 0.4) is 0 Å². The maximum Gasteiger partial charge on any atom is 0.290 e. The largest absolute Gasteiger partial charge is 0.492 e. The van der Waals surface area contributed by atoms with Crippen LogP contribution in [0.25, 0.3) is 0 Å². The van der Waals surface area contributed by atoms with Crippen molar-refractivity contribution in [3.05, 3.63) is 53.6 Å². The number of nitrogens with one attached hydrogen (secondary N) is 2. The smallest absolute Gasteiger partial charge is 0.290 e. The number of hydrazone groups is 1. The molecule has 1 amide bonds. The molecule has 1 aliphatic heterocycles. The van der Waals surface area contributed by atoms with E-state index >= 15 is 0 Å². The SMILES string of the molecule is COc1c(F)cc(F)cc1Nc1ccc(C2=NNC(=O)C[C@H]2C)cc1.O=CO. The summed E-state index contributed by atoms with van der Waals surface area (Å²) in [5.74, 6) is -1.61. The van der Waals surface area contributed by atoms with Crippen LogP contribution in [-0.4, -0.2) is 30.3 Å². The summed E-state index contributed by atoms with van der Waals surface area (Å²) in [6.45, 7) is 1.68. The molecule has 3 N–H and O–H groups in total. The van der Waals surface area contributed by atoms with Crippen LogP contribution in [0.5, 0.6) is 5.75 Å². The molecule has 148 valence electrons. The van der Waals surface area contributed by atoms with Gasteiger partial charge in [0.1, 0.15) is 5.82 Å². The van der Waals surface area contributed by atoms with Gasteiger partial charge >= 0.3 is 0 Å². The second-order valence-electron chi connectivity index (χ2n) is 5.91. The number of ether oxygens (including phenoxy) is 1. The van der Waals surface area contributed by atoms with Gasteiger partial charge < -0.3 is 15.2 Å². The number of hydrogen-bond acceptors (Lipinski definition) is 5. The highest BCUT2D eigenvalue weighted by Gasteiger charge is 2.21. The summed E-state index contributed by atoms with van der Waals surface area (Å²) in [5.41, 5.74) is 4.98. The van der Waals surface area contributed by atoms with Crippen molar-refractivity contribution < 1.29 is 28.2 Å². The van der Waals surface area contributed by atoms with Gasteiger partial charge in [0.25, 0.3) is 6.47 Å². The van der Waals surface area contributed by atoms with Crippen molar-refractivity contribution >= 4 is 29.5 Å². The molecular formula is C19H19F2N3O4. The van der Waals surface area contributed by atoms with Gasteiger partial charge in [0.05, 0.1) is 18.5 Å². The first-order valence-corrected chi connectivity index (χ1v) is 8.24. The summed E-state index contributed by atoms with van der Waals surface area (Å²) < 4.78 is 32.2. The number of carboxylic acid groups (broad SMARTS) is 1. The molecule has 0 saturated carbocycles. The molecule has 0 unspecified atom stereocenters. The van der Waals surface area contributed by atoms with Crippen LogP contribution in [-0.2, 0) is 9.59 Å². The lowest BCUT2D eigenvalue weighted by molar-refractivity contribution is -0.123. The van der Waals surface area contributed by atoms with Crippen molar-refractivity contribution in [3.8, 4) is 5.75 Å². The summed E-state index contributed by atoms with van der Waals surface area (Å²) in [6.07, 6.45) is 0.388. The van der Waals surface area contributed by atoms with Crippen LogP contribution in [0, 0.1) is 17.6 Å². The molecule has 3 rings (SSSR count). The predicted octanol–water partition coefficient (Wildman–Crippen LogP) is 3.28. The molecule has 1 aliphatic rings. The molecule has 0 fully saturated rings. The van der Waals surface area contributed by atoms with Crippen molar-refractivity contribution in [3.63, 3.8) is 0 Å². The van der Waals surface area contributed by atoms with E-state index in [1.807, 2.05) is 19.1 Å². The van der Waals surface area contributed by atoms with E-state index in [1.54, 1.807) is 12.1 Å². The minimum atomic E-state index is -0.775. The normalized spacial score (nSPS) is 15.5. The number of nitrogens with zero attached hydrogens (tertiary/aromatic N) is 1. The van der Waals surface area contributed by atoms with Gasteiger partial charge in [-0.2, -0.15) is 5.10 Å². The van der Waals surface area contributed by atoms with Crippen LogP contribution >= 0.6 is 0 Å². The van der Waals surface area contributed by atoms with Crippen molar-refractivity contribution in [2.24, 2.45) is 11.0 Å². The van der Waals surface area contributed by atoms with Gasteiger partial charge in [-0.1, -0.05) is 19.1 Å². The van der Waals surface area contributed by atoms with Gasteiger partial charge in [-0.15, -0.1) is 0 Å². The summed E-state index contributed by atoms with van der Waals surface area (Å²) in [5, 5.41) is 13.9.